The van der Waals surface area contributed by atoms with Gasteiger partial charge in [0.25, 0.3) is 5.91 Å². The van der Waals surface area contributed by atoms with Crippen LogP contribution in [0.25, 0.3) is 0 Å². The smallest absolute Gasteiger partial charge is 0.334 e. The van der Waals surface area contributed by atoms with Crippen LogP contribution in [0.15, 0.2) is 59.1 Å². The third-order valence-electron chi connectivity index (χ3n) is 4.47. The molecule has 1 aliphatic rings. The summed E-state index contributed by atoms with van der Waals surface area (Å²) in [5.74, 6) is -1.04. The van der Waals surface area contributed by atoms with E-state index in [-0.39, 0.29) is 17.4 Å². The van der Waals surface area contributed by atoms with Crippen molar-refractivity contribution in [3.05, 3.63) is 80.8 Å². The SMILES string of the molecule is CCCc1ccc(C(=O)NC2=C(C(=O)O)C(c3ccc(Cl)cc3)CS2)cc1. The molecule has 2 aromatic rings. The van der Waals surface area contributed by atoms with Crippen molar-refractivity contribution in [2.45, 2.75) is 25.7 Å². The number of halogens is 1. The quantitative estimate of drug-likeness (QED) is 0.726. The van der Waals surface area contributed by atoms with Crippen molar-refractivity contribution >= 4 is 35.2 Å². The van der Waals surface area contributed by atoms with Crippen molar-refractivity contribution in [2.75, 3.05) is 5.75 Å². The standard InChI is InChI=1S/C21H20ClNO3S/c1-2-3-13-4-6-15(7-5-13)19(24)23-20-18(21(25)26)17(12-27-20)14-8-10-16(22)11-9-14/h4-11,17H,2-3,12H2,1H3,(H,23,24)(H,25,26). The molecule has 0 radical (unpaired) electrons. The van der Waals surface area contributed by atoms with E-state index in [1.54, 1.807) is 24.3 Å². The van der Waals surface area contributed by atoms with E-state index in [1.165, 1.54) is 17.3 Å². The third kappa shape index (κ3) is 4.54. The van der Waals surface area contributed by atoms with Crippen molar-refractivity contribution in [1.82, 2.24) is 5.32 Å². The van der Waals surface area contributed by atoms with E-state index in [0.717, 1.165) is 18.4 Å². The van der Waals surface area contributed by atoms with E-state index < -0.39 is 5.97 Å². The average molecular weight is 402 g/mol. The Morgan fingerprint density at radius 1 is 1.15 bits per heavy atom. The molecule has 0 saturated heterocycles. The minimum Gasteiger partial charge on any atom is -0.478 e. The minimum atomic E-state index is -1.02. The molecule has 2 N–H and O–H groups in total. The monoisotopic (exact) mass is 401 g/mol. The molecule has 1 atom stereocenters. The second-order valence-corrected chi connectivity index (χ2v) is 7.83. The molecule has 1 amide bonds. The van der Waals surface area contributed by atoms with Crippen LogP contribution in [0.1, 0.15) is 40.7 Å². The number of hydrogen-bond donors (Lipinski definition) is 2. The normalized spacial score (nSPS) is 16.4. The highest BCUT2D eigenvalue weighted by Crippen LogP contribution is 2.41. The number of carbonyl (C=O) groups is 2. The summed E-state index contributed by atoms with van der Waals surface area (Å²) in [6.07, 6.45) is 2.01. The van der Waals surface area contributed by atoms with Crippen molar-refractivity contribution in [1.29, 1.82) is 0 Å². The summed E-state index contributed by atoms with van der Waals surface area (Å²) >= 11 is 7.28. The van der Waals surface area contributed by atoms with Gasteiger partial charge < -0.3 is 10.4 Å². The Morgan fingerprint density at radius 3 is 2.41 bits per heavy atom. The molecule has 0 aromatic heterocycles. The summed E-state index contributed by atoms with van der Waals surface area (Å²) in [6.45, 7) is 2.11. The fourth-order valence-corrected chi connectivity index (χ4v) is 4.45. The highest BCUT2D eigenvalue weighted by Gasteiger charge is 2.33. The zero-order chi connectivity index (χ0) is 19.4. The Labute approximate surface area is 167 Å². The fraction of sp³-hybridized carbons (Fsp3) is 0.238. The second-order valence-electron chi connectivity index (χ2n) is 6.36. The van der Waals surface area contributed by atoms with Crippen molar-refractivity contribution < 1.29 is 14.7 Å². The summed E-state index contributed by atoms with van der Waals surface area (Å²) in [7, 11) is 0. The van der Waals surface area contributed by atoms with E-state index in [1.807, 2.05) is 24.3 Å². The first-order valence-electron chi connectivity index (χ1n) is 8.75. The number of carboxylic acids is 1. The van der Waals surface area contributed by atoms with E-state index in [2.05, 4.69) is 12.2 Å². The molecule has 1 aliphatic heterocycles. The van der Waals surface area contributed by atoms with Crippen LogP contribution in [0.3, 0.4) is 0 Å². The maximum absolute atomic E-state index is 12.6. The molecule has 1 heterocycles. The molecule has 6 heteroatoms. The van der Waals surface area contributed by atoms with Gasteiger partial charge in [0, 0.05) is 22.3 Å². The summed E-state index contributed by atoms with van der Waals surface area (Å²) in [5, 5.41) is 13.5. The van der Waals surface area contributed by atoms with Gasteiger partial charge in [-0.25, -0.2) is 4.79 Å². The van der Waals surface area contributed by atoms with Gasteiger partial charge in [0.05, 0.1) is 10.6 Å². The molecule has 1 unspecified atom stereocenters. The fourth-order valence-electron chi connectivity index (χ4n) is 3.08. The molecule has 0 fully saturated rings. The highest BCUT2D eigenvalue weighted by molar-refractivity contribution is 8.03. The molecule has 2 aromatic carbocycles. The van der Waals surface area contributed by atoms with Crippen LogP contribution in [-0.2, 0) is 11.2 Å². The molecule has 0 spiro atoms. The predicted octanol–water partition coefficient (Wildman–Crippen LogP) is 4.85. The van der Waals surface area contributed by atoms with Gasteiger partial charge in [-0.15, -0.1) is 11.8 Å². The molecule has 0 bridgehead atoms. The Morgan fingerprint density at radius 2 is 1.81 bits per heavy atom. The number of nitrogens with one attached hydrogen (secondary N) is 1. The number of rotatable bonds is 6. The Kier molecular flexibility index (Phi) is 6.24. The highest BCUT2D eigenvalue weighted by atomic mass is 35.5. The first-order valence-corrected chi connectivity index (χ1v) is 10.1. The van der Waals surface area contributed by atoms with Gasteiger partial charge in [0.2, 0.25) is 0 Å². The van der Waals surface area contributed by atoms with Crippen LogP contribution < -0.4 is 5.32 Å². The zero-order valence-electron chi connectivity index (χ0n) is 14.9. The van der Waals surface area contributed by atoms with Crippen LogP contribution in [0, 0.1) is 0 Å². The van der Waals surface area contributed by atoms with Gasteiger partial charge >= 0.3 is 5.97 Å². The lowest BCUT2D eigenvalue weighted by molar-refractivity contribution is -0.132. The van der Waals surface area contributed by atoms with Crippen LogP contribution in [0.5, 0.6) is 0 Å². The number of amides is 1. The van der Waals surface area contributed by atoms with E-state index in [9.17, 15) is 14.7 Å². The number of benzene rings is 2. The first-order chi connectivity index (χ1) is 13.0. The van der Waals surface area contributed by atoms with E-state index in [0.29, 0.717) is 21.4 Å². The predicted molar refractivity (Wildman–Crippen MR) is 109 cm³/mol. The van der Waals surface area contributed by atoms with Crippen LogP contribution >= 0.6 is 23.4 Å². The van der Waals surface area contributed by atoms with E-state index in [4.69, 9.17) is 11.6 Å². The van der Waals surface area contributed by atoms with Crippen molar-refractivity contribution in [3.8, 4) is 0 Å². The van der Waals surface area contributed by atoms with Crippen molar-refractivity contribution in [2.24, 2.45) is 0 Å². The van der Waals surface area contributed by atoms with Gasteiger partial charge in [0.15, 0.2) is 0 Å². The Hall–Kier alpha value is -2.24. The topological polar surface area (TPSA) is 66.4 Å². The zero-order valence-corrected chi connectivity index (χ0v) is 16.4. The van der Waals surface area contributed by atoms with Gasteiger partial charge in [-0.2, -0.15) is 0 Å². The molecule has 140 valence electrons. The molecule has 3 rings (SSSR count). The first kappa shape index (κ1) is 19.5. The maximum Gasteiger partial charge on any atom is 0.334 e. The Balaban J connectivity index is 1.82. The molecule has 0 saturated carbocycles. The molecular formula is C21H20ClNO3S. The van der Waals surface area contributed by atoms with Crippen molar-refractivity contribution in [3.63, 3.8) is 0 Å². The van der Waals surface area contributed by atoms with Gasteiger partial charge in [-0.05, 0) is 41.8 Å². The van der Waals surface area contributed by atoms with E-state index >= 15 is 0 Å². The van der Waals surface area contributed by atoms with Crippen LogP contribution in [0.2, 0.25) is 5.02 Å². The lowest BCUT2D eigenvalue weighted by atomic mass is 9.93. The molecule has 4 nitrogen and oxygen atoms in total. The van der Waals surface area contributed by atoms with Gasteiger partial charge in [0.1, 0.15) is 0 Å². The second kappa shape index (κ2) is 8.63. The molecule has 0 aliphatic carbocycles. The summed E-state index contributed by atoms with van der Waals surface area (Å²) in [4.78, 5) is 24.4. The van der Waals surface area contributed by atoms with Gasteiger partial charge in [-0.1, -0.05) is 49.2 Å². The maximum atomic E-state index is 12.6. The minimum absolute atomic E-state index is 0.221. The van der Waals surface area contributed by atoms with Crippen LogP contribution in [-0.4, -0.2) is 22.7 Å². The number of hydrogen-bond acceptors (Lipinski definition) is 3. The molecule has 27 heavy (non-hydrogen) atoms. The average Bonchev–Trinajstić information content (AvgIpc) is 3.07. The summed E-state index contributed by atoms with van der Waals surface area (Å²) < 4.78 is 0. The lowest BCUT2D eigenvalue weighted by Gasteiger charge is -2.12. The summed E-state index contributed by atoms with van der Waals surface area (Å²) in [6, 6.07) is 14.6. The largest absolute Gasteiger partial charge is 0.478 e. The summed E-state index contributed by atoms with van der Waals surface area (Å²) in [5.41, 5.74) is 2.79. The number of aryl methyl sites for hydroxylation is 1. The number of thioether (sulfide) groups is 1. The number of aliphatic carboxylic acids is 1. The van der Waals surface area contributed by atoms with Crippen LogP contribution in [0.4, 0.5) is 0 Å². The third-order valence-corrected chi connectivity index (χ3v) is 5.83. The van der Waals surface area contributed by atoms with Gasteiger partial charge in [-0.3, -0.25) is 4.79 Å². The molecular weight excluding hydrogens is 382 g/mol. The number of carbonyl (C=O) groups excluding carboxylic acids is 1. The Bertz CT molecular complexity index is 875. The lowest BCUT2D eigenvalue weighted by Crippen LogP contribution is -2.23. The number of carboxylic acid groups (broad SMARTS) is 1.